The van der Waals surface area contributed by atoms with Crippen molar-refractivity contribution < 1.29 is 24.2 Å². The van der Waals surface area contributed by atoms with Crippen LogP contribution in [0.4, 0.5) is 10.5 Å². The number of anilines is 1. The summed E-state index contributed by atoms with van der Waals surface area (Å²) < 4.78 is 5.39. The molecule has 0 fully saturated rings. The first-order valence-electron chi connectivity index (χ1n) is 12.8. The molecule has 9 heteroatoms. The highest BCUT2D eigenvalue weighted by Crippen LogP contribution is 2.29. The number of hydrogen-bond acceptors (Lipinski definition) is 6. The Kier molecular flexibility index (Phi) is 11.9. The molecule has 210 valence electrons. The molecule has 0 aliphatic carbocycles. The first-order valence-corrected chi connectivity index (χ1v) is 14.1. The third-order valence-electron chi connectivity index (χ3n) is 5.92. The molecule has 2 aromatic rings. The second-order valence-electron chi connectivity index (χ2n) is 10.1. The highest BCUT2D eigenvalue weighted by molar-refractivity contribution is 7.98. The second-order valence-corrected chi connectivity index (χ2v) is 11.1. The molecule has 2 unspecified atom stereocenters. The fourth-order valence-corrected chi connectivity index (χ4v) is 4.61. The van der Waals surface area contributed by atoms with Crippen LogP contribution in [0.25, 0.3) is 0 Å². The van der Waals surface area contributed by atoms with Crippen LogP contribution in [0.2, 0.25) is 0 Å². The maximum atomic E-state index is 14.0. The quantitative estimate of drug-likeness (QED) is 0.355. The summed E-state index contributed by atoms with van der Waals surface area (Å²) >= 11 is 1.52. The molecule has 3 amide bonds. The molecule has 0 saturated heterocycles. The van der Waals surface area contributed by atoms with Crippen molar-refractivity contribution in [1.82, 2.24) is 10.2 Å². The van der Waals surface area contributed by atoms with Gasteiger partial charge in [0.1, 0.15) is 17.7 Å². The number of carbonyl (C=O) groups is 3. The number of aliphatic hydroxyl groups excluding tert-OH is 1. The number of carbonyl (C=O) groups excluding carboxylic acids is 3. The summed E-state index contributed by atoms with van der Waals surface area (Å²) in [5, 5.41) is 15.6. The van der Waals surface area contributed by atoms with Crippen molar-refractivity contribution in [3.63, 3.8) is 0 Å². The van der Waals surface area contributed by atoms with Crippen LogP contribution < -0.4 is 10.6 Å². The summed E-state index contributed by atoms with van der Waals surface area (Å²) in [5.41, 5.74) is 2.46. The Morgan fingerprint density at radius 2 is 1.74 bits per heavy atom. The van der Waals surface area contributed by atoms with Crippen LogP contribution in [0.1, 0.15) is 55.5 Å². The van der Waals surface area contributed by atoms with Crippen molar-refractivity contribution in [2.45, 2.75) is 58.7 Å². The van der Waals surface area contributed by atoms with E-state index in [4.69, 9.17) is 11.2 Å². The molecular formula is C30H39N3O5S. The van der Waals surface area contributed by atoms with Gasteiger partial charge in [0.25, 0.3) is 5.91 Å². The molecule has 2 rings (SSSR count). The lowest BCUT2D eigenvalue weighted by atomic mass is 9.97. The topological polar surface area (TPSA) is 108 Å². The van der Waals surface area contributed by atoms with Crippen LogP contribution in [-0.2, 0) is 14.3 Å². The van der Waals surface area contributed by atoms with Crippen molar-refractivity contribution in [2.75, 3.05) is 30.5 Å². The number of ether oxygens (including phenoxy) is 1. The molecule has 0 aliphatic rings. The van der Waals surface area contributed by atoms with E-state index in [1.165, 1.54) is 16.7 Å². The van der Waals surface area contributed by atoms with E-state index in [1.807, 2.05) is 38.3 Å². The fraction of sp³-hybridized carbons (Fsp3) is 0.433. The normalized spacial score (nSPS) is 12.6. The maximum Gasteiger partial charge on any atom is 0.408 e. The Morgan fingerprint density at radius 1 is 1.10 bits per heavy atom. The van der Waals surface area contributed by atoms with Gasteiger partial charge in [-0.25, -0.2) is 4.79 Å². The minimum atomic E-state index is -1.17. The van der Waals surface area contributed by atoms with E-state index in [0.717, 1.165) is 11.1 Å². The zero-order valence-corrected chi connectivity index (χ0v) is 24.4. The van der Waals surface area contributed by atoms with Crippen molar-refractivity contribution in [3.05, 3.63) is 64.7 Å². The van der Waals surface area contributed by atoms with E-state index in [-0.39, 0.29) is 6.54 Å². The Morgan fingerprint density at radius 3 is 2.31 bits per heavy atom. The number of thioether (sulfide) groups is 1. The van der Waals surface area contributed by atoms with E-state index < -0.39 is 42.2 Å². The molecule has 8 nitrogen and oxygen atoms in total. The number of aliphatic hydroxyl groups is 1. The Balaban J connectivity index is 2.59. The maximum absolute atomic E-state index is 14.0. The zero-order chi connectivity index (χ0) is 29.2. The summed E-state index contributed by atoms with van der Waals surface area (Å²) in [5.74, 6) is 2.15. The Bertz CT molecular complexity index is 1180. The highest BCUT2D eigenvalue weighted by atomic mass is 32.2. The number of hydrogen-bond donors (Lipinski definition) is 3. The second kappa shape index (κ2) is 14.6. The van der Waals surface area contributed by atoms with Gasteiger partial charge in [0, 0.05) is 17.8 Å². The van der Waals surface area contributed by atoms with Gasteiger partial charge in [0.2, 0.25) is 5.91 Å². The van der Waals surface area contributed by atoms with Gasteiger partial charge in [-0.15, -0.1) is 6.42 Å². The lowest BCUT2D eigenvalue weighted by Crippen LogP contribution is -2.53. The van der Waals surface area contributed by atoms with Crippen molar-refractivity contribution in [3.8, 4) is 12.3 Å². The monoisotopic (exact) mass is 553 g/mol. The molecule has 0 spiro atoms. The predicted molar refractivity (Wildman–Crippen MR) is 157 cm³/mol. The molecule has 2 atom stereocenters. The molecule has 0 bridgehead atoms. The van der Waals surface area contributed by atoms with Gasteiger partial charge < -0.3 is 25.4 Å². The van der Waals surface area contributed by atoms with Gasteiger partial charge in [-0.2, -0.15) is 11.8 Å². The molecule has 0 aliphatic heterocycles. The summed E-state index contributed by atoms with van der Waals surface area (Å²) in [7, 11) is 0. The van der Waals surface area contributed by atoms with Crippen molar-refractivity contribution in [1.29, 1.82) is 0 Å². The number of amides is 3. The predicted octanol–water partition coefficient (Wildman–Crippen LogP) is 4.43. The highest BCUT2D eigenvalue weighted by Gasteiger charge is 2.37. The first-order chi connectivity index (χ1) is 18.4. The minimum absolute atomic E-state index is 0.158. The number of rotatable bonds is 11. The summed E-state index contributed by atoms with van der Waals surface area (Å²) in [6, 6.07) is 10.4. The van der Waals surface area contributed by atoms with E-state index in [0.29, 0.717) is 29.0 Å². The number of aryl methyl sites for hydroxylation is 2. The summed E-state index contributed by atoms with van der Waals surface area (Å²) in [4.78, 5) is 42.0. The number of nitrogens with zero attached hydrogens (tertiary/aromatic N) is 1. The smallest absolute Gasteiger partial charge is 0.408 e. The first kappa shape index (κ1) is 31.7. The lowest BCUT2D eigenvalue weighted by Gasteiger charge is -2.34. The number of alkyl carbamates (subject to hydrolysis) is 1. The van der Waals surface area contributed by atoms with Crippen LogP contribution in [0.15, 0.2) is 42.5 Å². The molecule has 2 aromatic carbocycles. The molecule has 0 saturated carbocycles. The molecule has 0 heterocycles. The molecule has 0 radical (unpaired) electrons. The van der Waals surface area contributed by atoms with Crippen LogP contribution in [0, 0.1) is 26.2 Å². The fourth-order valence-electron chi connectivity index (χ4n) is 4.14. The Labute approximate surface area is 235 Å². The van der Waals surface area contributed by atoms with E-state index in [9.17, 15) is 19.5 Å². The zero-order valence-electron chi connectivity index (χ0n) is 23.5. The molecule has 39 heavy (non-hydrogen) atoms. The minimum Gasteiger partial charge on any atom is -0.444 e. The average Bonchev–Trinajstić information content (AvgIpc) is 2.87. The molecule has 0 aromatic heterocycles. The van der Waals surface area contributed by atoms with Crippen LogP contribution in [0.5, 0.6) is 0 Å². The van der Waals surface area contributed by atoms with Crippen LogP contribution in [-0.4, -0.2) is 64.7 Å². The lowest BCUT2D eigenvalue weighted by molar-refractivity contribution is -0.141. The van der Waals surface area contributed by atoms with Gasteiger partial charge in [0.15, 0.2) is 0 Å². The number of benzene rings is 2. The third-order valence-corrected chi connectivity index (χ3v) is 6.57. The van der Waals surface area contributed by atoms with Crippen molar-refractivity contribution in [2.24, 2.45) is 0 Å². The SMILES string of the molecule is C#Cc1ccccc1C(C(=O)Nc1c(C)cccc1C)N(CCO)C(=O)C(CCSC)NC(=O)OC(C)(C)C. The van der Waals surface area contributed by atoms with Crippen LogP contribution >= 0.6 is 11.8 Å². The van der Waals surface area contributed by atoms with E-state index >= 15 is 0 Å². The molecular weight excluding hydrogens is 514 g/mol. The average molecular weight is 554 g/mol. The third kappa shape index (κ3) is 9.05. The van der Waals surface area contributed by atoms with Gasteiger partial charge in [-0.1, -0.05) is 42.3 Å². The number of para-hydroxylation sites is 1. The van der Waals surface area contributed by atoms with Gasteiger partial charge >= 0.3 is 6.09 Å². The molecule has 3 N–H and O–H groups in total. The van der Waals surface area contributed by atoms with Gasteiger partial charge in [-0.3, -0.25) is 9.59 Å². The number of terminal acetylenes is 1. The van der Waals surface area contributed by atoms with E-state index in [1.54, 1.807) is 45.0 Å². The van der Waals surface area contributed by atoms with Crippen LogP contribution in [0.3, 0.4) is 0 Å². The Hall–Kier alpha value is -3.48. The van der Waals surface area contributed by atoms with Crippen molar-refractivity contribution >= 4 is 35.4 Å². The summed E-state index contributed by atoms with van der Waals surface area (Å²) in [6.07, 6.45) is 7.22. The van der Waals surface area contributed by atoms with E-state index in [2.05, 4.69) is 16.6 Å². The van der Waals surface area contributed by atoms with Gasteiger partial charge in [0.05, 0.1) is 6.61 Å². The standard InChI is InChI=1S/C30H39N3O5S/c1-8-22-14-9-10-15-23(22)26(27(35)32-25-20(2)12-11-13-21(25)3)33(17-18-34)28(36)24(16-19-39-7)31-29(37)38-30(4,5)6/h1,9-15,24,26,34H,16-19H2,2-7H3,(H,31,37)(H,32,35). The largest absolute Gasteiger partial charge is 0.444 e. The number of nitrogens with one attached hydrogen (secondary N) is 2. The summed E-state index contributed by atoms with van der Waals surface area (Å²) in [6.45, 7) is 8.39. The van der Waals surface area contributed by atoms with Gasteiger partial charge in [-0.05, 0) is 75.8 Å².